The summed E-state index contributed by atoms with van der Waals surface area (Å²) in [6.45, 7) is 4.87. The summed E-state index contributed by atoms with van der Waals surface area (Å²) in [6.07, 6.45) is 5.39. The topological polar surface area (TPSA) is 76.2 Å². The van der Waals surface area contributed by atoms with Gasteiger partial charge in [-0.3, -0.25) is 9.89 Å². The SMILES string of the molecule is COc1ccc(C(=O)N[C@@H]2CCc3[nH]ncc3C2)c(OCCC(C)C)c1. The number of aryl methyl sites for hydroxylation is 1. The quantitative estimate of drug-likeness (QED) is 0.798. The summed E-state index contributed by atoms with van der Waals surface area (Å²) >= 11 is 0. The molecule has 2 N–H and O–H groups in total. The lowest BCUT2D eigenvalue weighted by atomic mass is 9.93. The molecule has 0 unspecified atom stereocenters. The Bertz CT molecular complexity index is 755. The van der Waals surface area contributed by atoms with E-state index in [1.54, 1.807) is 25.3 Å². The van der Waals surface area contributed by atoms with E-state index in [2.05, 4.69) is 29.4 Å². The average molecular weight is 357 g/mol. The zero-order valence-electron chi connectivity index (χ0n) is 15.7. The number of nitrogens with zero attached hydrogens (tertiary/aromatic N) is 1. The summed E-state index contributed by atoms with van der Waals surface area (Å²) in [4.78, 5) is 12.8. The molecule has 6 nitrogen and oxygen atoms in total. The predicted molar refractivity (Wildman–Crippen MR) is 99.8 cm³/mol. The number of hydrogen-bond acceptors (Lipinski definition) is 4. The van der Waals surface area contributed by atoms with E-state index in [4.69, 9.17) is 9.47 Å². The average Bonchev–Trinajstić information content (AvgIpc) is 3.09. The number of hydrogen-bond donors (Lipinski definition) is 2. The highest BCUT2D eigenvalue weighted by Crippen LogP contribution is 2.26. The van der Waals surface area contributed by atoms with Gasteiger partial charge in [-0.05, 0) is 49.3 Å². The molecule has 1 aliphatic rings. The zero-order chi connectivity index (χ0) is 18.5. The second kappa shape index (κ2) is 8.25. The molecule has 1 aromatic carbocycles. The Morgan fingerprint density at radius 1 is 1.42 bits per heavy atom. The van der Waals surface area contributed by atoms with Gasteiger partial charge in [0.1, 0.15) is 11.5 Å². The summed E-state index contributed by atoms with van der Waals surface area (Å²) < 4.78 is 11.2. The van der Waals surface area contributed by atoms with Crippen LogP contribution in [0.5, 0.6) is 11.5 Å². The minimum absolute atomic E-state index is 0.107. The third kappa shape index (κ3) is 4.36. The molecule has 2 aromatic rings. The number of aromatic amines is 1. The van der Waals surface area contributed by atoms with E-state index in [0.29, 0.717) is 29.6 Å². The summed E-state index contributed by atoms with van der Waals surface area (Å²) in [5.74, 6) is 1.69. The molecule has 0 radical (unpaired) electrons. The maximum absolute atomic E-state index is 12.8. The number of carbonyl (C=O) groups is 1. The number of ether oxygens (including phenoxy) is 2. The van der Waals surface area contributed by atoms with E-state index in [1.165, 1.54) is 11.3 Å². The van der Waals surface area contributed by atoms with Gasteiger partial charge < -0.3 is 14.8 Å². The number of rotatable bonds is 7. The molecule has 0 aliphatic heterocycles. The monoisotopic (exact) mass is 357 g/mol. The standard InChI is InChI=1S/C20H27N3O3/c1-13(2)8-9-26-19-11-16(25-3)5-6-17(19)20(24)22-15-4-7-18-14(10-15)12-21-23-18/h5-6,11-13,15H,4,7-10H2,1-3H3,(H,21,23)(H,22,24)/t15-/m1/s1. The first-order valence-corrected chi connectivity index (χ1v) is 9.19. The molecular formula is C20H27N3O3. The molecule has 0 saturated heterocycles. The molecule has 0 spiro atoms. The van der Waals surface area contributed by atoms with Crippen LogP contribution in [0.1, 0.15) is 48.3 Å². The second-order valence-corrected chi connectivity index (χ2v) is 7.18. The molecular weight excluding hydrogens is 330 g/mol. The molecule has 26 heavy (non-hydrogen) atoms. The van der Waals surface area contributed by atoms with Gasteiger partial charge in [0.25, 0.3) is 5.91 Å². The van der Waals surface area contributed by atoms with E-state index >= 15 is 0 Å². The fourth-order valence-electron chi connectivity index (χ4n) is 3.14. The van der Waals surface area contributed by atoms with Crippen LogP contribution in [0.3, 0.4) is 0 Å². The molecule has 6 heteroatoms. The Hall–Kier alpha value is -2.50. The lowest BCUT2D eigenvalue weighted by molar-refractivity contribution is 0.0929. The Kier molecular flexibility index (Phi) is 5.81. The van der Waals surface area contributed by atoms with Crippen molar-refractivity contribution in [3.63, 3.8) is 0 Å². The lowest BCUT2D eigenvalue weighted by Crippen LogP contribution is -2.38. The Labute approximate surface area is 154 Å². The number of carbonyl (C=O) groups excluding carboxylic acids is 1. The summed E-state index contributed by atoms with van der Waals surface area (Å²) in [6, 6.07) is 5.45. The Morgan fingerprint density at radius 3 is 3.04 bits per heavy atom. The molecule has 140 valence electrons. The van der Waals surface area contributed by atoms with Crippen LogP contribution in [0.25, 0.3) is 0 Å². The minimum atomic E-state index is -0.107. The van der Waals surface area contributed by atoms with E-state index in [0.717, 1.165) is 25.7 Å². The van der Waals surface area contributed by atoms with Gasteiger partial charge in [0.2, 0.25) is 0 Å². The van der Waals surface area contributed by atoms with Crippen LogP contribution in [-0.2, 0) is 12.8 Å². The van der Waals surface area contributed by atoms with Crippen molar-refractivity contribution in [2.75, 3.05) is 13.7 Å². The van der Waals surface area contributed by atoms with Gasteiger partial charge in [-0.1, -0.05) is 13.8 Å². The fourth-order valence-corrected chi connectivity index (χ4v) is 3.14. The van der Waals surface area contributed by atoms with Gasteiger partial charge in [0.05, 0.1) is 25.5 Å². The minimum Gasteiger partial charge on any atom is -0.497 e. The lowest BCUT2D eigenvalue weighted by Gasteiger charge is -2.23. The number of aromatic nitrogens is 2. The summed E-state index contributed by atoms with van der Waals surface area (Å²) in [5, 5.41) is 10.2. The van der Waals surface area contributed by atoms with Crippen molar-refractivity contribution >= 4 is 5.91 Å². The van der Waals surface area contributed by atoms with Crippen LogP contribution in [0.15, 0.2) is 24.4 Å². The van der Waals surface area contributed by atoms with Crippen LogP contribution in [0.4, 0.5) is 0 Å². The highest BCUT2D eigenvalue weighted by molar-refractivity contribution is 5.97. The van der Waals surface area contributed by atoms with Gasteiger partial charge >= 0.3 is 0 Å². The second-order valence-electron chi connectivity index (χ2n) is 7.18. The first kappa shape index (κ1) is 18.3. The van der Waals surface area contributed by atoms with E-state index in [9.17, 15) is 4.79 Å². The fraction of sp³-hybridized carbons (Fsp3) is 0.500. The summed E-state index contributed by atoms with van der Waals surface area (Å²) in [5.41, 5.74) is 2.91. The Balaban J connectivity index is 1.69. The normalized spacial score (nSPS) is 16.2. The molecule has 3 rings (SSSR count). The van der Waals surface area contributed by atoms with Gasteiger partial charge in [0.15, 0.2) is 0 Å². The number of fused-ring (bicyclic) bond motifs is 1. The maximum atomic E-state index is 12.8. The van der Waals surface area contributed by atoms with Crippen molar-refractivity contribution in [1.29, 1.82) is 0 Å². The highest BCUT2D eigenvalue weighted by atomic mass is 16.5. The van der Waals surface area contributed by atoms with Crippen LogP contribution in [-0.4, -0.2) is 35.9 Å². The van der Waals surface area contributed by atoms with Gasteiger partial charge in [-0.25, -0.2) is 0 Å². The number of methoxy groups -OCH3 is 1. The van der Waals surface area contributed by atoms with Gasteiger partial charge in [0, 0.05) is 17.8 Å². The zero-order valence-corrected chi connectivity index (χ0v) is 15.7. The van der Waals surface area contributed by atoms with Crippen LogP contribution in [0.2, 0.25) is 0 Å². The number of amides is 1. The Morgan fingerprint density at radius 2 is 2.27 bits per heavy atom. The molecule has 0 bridgehead atoms. The molecule has 1 amide bonds. The molecule has 0 saturated carbocycles. The van der Waals surface area contributed by atoms with Crippen molar-refractivity contribution in [2.45, 2.75) is 45.6 Å². The van der Waals surface area contributed by atoms with E-state index in [1.807, 2.05) is 6.20 Å². The largest absolute Gasteiger partial charge is 0.497 e. The van der Waals surface area contributed by atoms with Gasteiger partial charge in [-0.2, -0.15) is 5.10 Å². The van der Waals surface area contributed by atoms with Crippen molar-refractivity contribution < 1.29 is 14.3 Å². The predicted octanol–water partition coefficient (Wildman–Crippen LogP) is 3.13. The van der Waals surface area contributed by atoms with Crippen molar-refractivity contribution in [3.05, 3.63) is 41.2 Å². The van der Waals surface area contributed by atoms with Crippen LogP contribution in [0, 0.1) is 5.92 Å². The van der Waals surface area contributed by atoms with Crippen LogP contribution >= 0.6 is 0 Å². The molecule has 1 aliphatic carbocycles. The number of benzene rings is 1. The summed E-state index contributed by atoms with van der Waals surface area (Å²) in [7, 11) is 1.61. The molecule has 1 aromatic heterocycles. The van der Waals surface area contributed by atoms with Crippen LogP contribution < -0.4 is 14.8 Å². The molecule has 1 atom stereocenters. The van der Waals surface area contributed by atoms with Crippen molar-refractivity contribution in [3.8, 4) is 11.5 Å². The maximum Gasteiger partial charge on any atom is 0.255 e. The third-order valence-corrected chi connectivity index (χ3v) is 4.74. The number of H-pyrrole nitrogens is 1. The van der Waals surface area contributed by atoms with Gasteiger partial charge in [-0.15, -0.1) is 0 Å². The molecule has 1 heterocycles. The first-order valence-electron chi connectivity index (χ1n) is 9.19. The van der Waals surface area contributed by atoms with E-state index < -0.39 is 0 Å². The van der Waals surface area contributed by atoms with E-state index in [-0.39, 0.29) is 11.9 Å². The first-order chi connectivity index (χ1) is 12.6. The van der Waals surface area contributed by atoms with Crippen molar-refractivity contribution in [2.24, 2.45) is 5.92 Å². The smallest absolute Gasteiger partial charge is 0.255 e. The number of nitrogens with one attached hydrogen (secondary N) is 2. The van der Waals surface area contributed by atoms with Crippen molar-refractivity contribution in [1.82, 2.24) is 15.5 Å². The molecule has 0 fully saturated rings. The highest BCUT2D eigenvalue weighted by Gasteiger charge is 2.23. The third-order valence-electron chi connectivity index (χ3n) is 4.74.